The molecule has 0 aromatic heterocycles. The molecule has 0 bridgehead atoms. The van der Waals surface area contributed by atoms with Crippen molar-refractivity contribution in [3.63, 3.8) is 0 Å². The van der Waals surface area contributed by atoms with E-state index in [-0.39, 0.29) is 44.0 Å². The fourth-order valence-corrected chi connectivity index (χ4v) is 3.57. The molecule has 13 nitrogen and oxygen atoms in total. The highest BCUT2D eigenvalue weighted by molar-refractivity contribution is 9.09. The number of amides is 1. The van der Waals surface area contributed by atoms with E-state index < -0.39 is 28.8 Å². The second kappa shape index (κ2) is 12.4. The highest BCUT2D eigenvalue weighted by Crippen LogP contribution is 2.35. The predicted molar refractivity (Wildman–Crippen MR) is 115 cm³/mol. The number of anilines is 1. The van der Waals surface area contributed by atoms with Gasteiger partial charge < -0.3 is 20.0 Å². The summed E-state index contributed by atoms with van der Waals surface area (Å²) in [4.78, 5) is 42.0. The van der Waals surface area contributed by atoms with Gasteiger partial charge in [0.1, 0.15) is 0 Å². The third-order valence-corrected chi connectivity index (χ3v) is 5.12. The molecular weight excluding hydrogens is 525 g/mol. The molecule has 0 saturated heterocycles. The average molecular weight is 548 g/mol. The highest BCUT2D eigenvalue weighted by Gasteiger charge is 2.21. The molecule has 0 atom stereocenters. The minimum atomic E-state index is -4.61. The molecular formula is C15H23BrN3O10PS. The first-order valence-corrected chi connectivity index (χ1v) is 13.2. The van der Waals surface area contributed by atoms with E-state index in [1.54, 1.807) is 4.90 Å². The summed E-state index contributed by atoms with van der Waals surface area (Å²) in [5.74, 6) is -0.654. The summed E-state index contributed by atoms with van der Waals surface area (Å²) in [6.45, 7) is -0.0562. The van der Waals surface area contributed by atoms with E-state index in [0.717, 1.165) is 12.3 Å². The van der Waals surface area contributed by atoms with Gasteiger partial charge in [0.15, 0.2) is 0 Å². The zero-order valence-corrected chi connectivity index (χ0v) is 19.8. The number of carbonyl (C=O) groups excluding carboxylic acids is 1. The van der Waals surface area contributed by atoms with Gasteiger partial charge in [-0.05, 0) is 12.5 Å². The summed E-state index contributed by atoms with van der Waals surface area (Å²) < 4.78 is 42.0. The third-order valence-electron chi connectivity index (χ3n) is 3.66. The van der Waals surface area contributed by atoms with Crippen molar-refractivity contribution in [2.45, 2.75) is 6.42 Å². The number of phosphoric acid groups is 1. The lowest BCUT2D eigenvalue weighted by Gasteiger charge is -2.26. The number of nitrogens with zero attached hydrogens (tertiary/aromatic N) is 2. The molecule has 3 N–H and O–H groups in total. The Balaban J connectivity index is 3.00. The van der Waals surface area contributed by atoms with Gasteiger partial charge in [-0.2, -0.15) is 8.42 Å². The summed E-state index contributed by atoms with van der Waals surface area (Å²) >= 11 is 3.27. The first-order chi connectivity index (χ1) is 14.3. The van der Waals surface area contributed by atoms with Crippen LogP contribution < -0.4 is 10.2 Å². The molecule has 1 aromatic rings. The van der Waals surface area contributed by atoms with Crippen molar-refractivity contribution in [1.82, 2.24) is 5.32 Å². The van der Waals surface area contributed by atoms with Crippen molar-refractivity contribution in [2.75, 3.05) is 49.3 Å². The van der Waals surface area contributed by atoms with Crippen LogP contribution >= 0.6 is 23.8 Å². The Morgan fingerprint density at radius 1 is 1.32 bits per heavy atom. The van der Waals surface area contributed by atoms with Crippen LogP contribution in [0.2, 0.25) is 0 Å². The number of hydrogen-bond donors (Lipinski definition) is 3. The number of nitro benzene ring substituents is 1. The van der Waals surface area contributed by atoms with Gasteiger partial charge in [-0.1, -0.05) is 15.9 Å². The fraction of sp³-hybridized carbons (Fsp3) is 0.533. The number of nitro groups is 1. The van der Waals surface area contributed by atoms with Crippen molar-refractivity contribution in [2.24, 2.45) is 0 Å². The highest BCUT2D eigenvalue weighted by atomic mass is 79.9. The van der Waals surface area contributed by atoms with Crippen LogP contribution in [0.25, 0.3) is 0 Å². The number of non-ortho nitro benzene ring substituents is 1. The van der Waals surface area contributed by atoms with Crippen LogP contribution in [0.5, 0.6) is 0 Å². The molecule has 0 fully saturated rings. The Morgan fingerprint density at radius 3 is 2.55 bits per heavy atom. The summed E-state index contributed by atoms with van der Waals surface area (Å²) in [6, 6.07) is 3.70. The van der Waals surface area contributed by atoms with Crippen LogP contribution in [0.4, 0.5) is 11.4 Å². The number of halogens is 1. The van der Waals surface area contributed by atoms with Crippen molar-refractivity contribution in [3.8, 4) is 0 Å². The van der Waals surface area contributed by atoms with Gasteiger partial charge in [0.05, 0.1) is 35.6 Å². The van der Waals surface area contributed by atoms with Gasteiger partial charge >= 0.3 is 7.82 Å². The maximum atomic E-state index is 12.6. The Bertz CT molecular complexity index is 924. The molecule has 0 radical (unpaired) electrons. The summed E-state index contributed by atoms with van der Waals surface area (Å²) in [5, 5.41) is 14.1. The lowest BCUT2D eigenvalue weighted by molar-refractivity contribution is -0.384. The molecule has 16 heteroatoms. The maximum Gasteiger partial charge on any atom is 0.469 e. The van der Waals surface area contributed by atoms with Crippen LogP contribution in [0.3, 0.4) is 0 Å². The molecule has 0 aliphatic heterocycles. The lowest BCUT2D eigenvalue weighted by Crippen LogP contribution is -2.33. The van der Waals surface area contributed by atoms with Gasteiger partial charge in [0.25, 0.3) is 21.7 Å². The quantitative estimate of drug-likeness (QED) is 0.0752. The van der Waals surface area contributed by atoms with Gasteiger partial charge in [-0.15, -0.1) is 0 Å². The van der Waals surface area contributed by atoms with Gasteiger partial charge in [0.2, 0.25) is 0 Å². The van der Waals surface area contributed by atoms with Gasteiger partial charge in [-0.3, -0.25) is 23.6 Å². The molecule has 1 rings (SSSR count). The molecule has 0 unspecified atom stereocenters. The van der Waals surface area contributed by atoms with E-state index in [2.05, 4.69) is 25.8 Å². The Labute approximate surface area is 187 Å². The molecule has 0 heterocycles. The number of hydrogen-bond acceptors (Lipinski definition) is 9. The van der Waals surface area contributed by atoms with Gasteiger partial charge in [0, 0.05) is 37.1 Å². The number of nitrogens with one attached hydrogen (secondary N) is 1. The largest absolute Gasteiger partial charge is 0.469 e. The van der Waals surface area contributed by atoms with E-state index in [0.29, 0.717) is 17.6 Å². The normalized spacial score (nSPS) is 11.9. The van der Waals surface area contributed by atoms with Crippen LogP contribution in [0.1, 0.15) is 16.8 Å². The van der Waals surface area contributed by atoms with Crippen LogP contribution in [-0.2, 0) is 23.4 Å². The number of carbonyl (C=O) groups is 1. The molecule has 1 amide bonds. The van der Waals surface area contributed by atoms with Crippen LogP contribution in [0, 0.1) is 10.1 Å². The fourth-order valence-electron chi connectivity index (χ4n) is 2.40. The van der Waals surface area contributed by atoms with Crippen LogP contribution in [-0.4, -0.2) is 73.5 Å². The summed E-state index contributed by atoms with van der Waals surface area (Å²) in [5.41, 5.74) is -0.0126. The first-order valence-electron chi connectivity index (χ1n) is 8.76. The number of phosphoric ester groups is 1. The zero-order valence-electron chi connectivity index (χ0n) is 16.5. The molecule has 0 spiro atoms. The molecule has 31 heavy (non-hydrogen) atoms. The van der Waals surface area contributed by atoms with Crippen molar-refractivity contribution >= 4 is 51.2 Å². The minimum Gasteiger partial charge on any atom is -0.368 e. The van der Waals surface area contributed by atoms with Crippen molar-refractivity contribution in [3.05, 3.63) is 33.9 Å². The monoisotopic (exact) mass is 547 g/mol. The van der Waals surface area contributed by atoms with E-state index in [9.17, 15) is 27.9 Å². The molecule has 0 saturated carbocycles. The number of alkyl halides is 1. The zero-order chi connectivity index (χ0) is 23.7. The average Bonchev–Trinajstić information content (AvgIpc) is 2.64. The topological polar surface area (TPSA) is 186 Å². The second-order valence-corrected chi connectivity index (χ2v) is 9.77. The van der Waals surface area contributed by atoms with E-state index in [1.165, 1.54) is 12.1 Å². The SMILES string of the molecule is CS(=O)(=O)OCCN(CCBr)c1ccc([N+](=O)[O-])cc1C(=O)NCCCOP(=O)(O)O. The van der Waals surface area contributed by atoms with Gasteiger partial charge in [-0.25, -0.2) is 4.57 Å². The second-order valence-electron chi connectivity index (χ2n) is 6.09. The van der Waals surface area contributed by atoms with E-state index in [4.69, 9.17) is 14.0 Å². The third kappa shape index (κ3) is 11.0. The molecule has 1 aromatic carbocycles. The van der Waals surface area contributed by atoms with Crippen LogP contribution in [0.15, 0.2) is 18.2 Å². The smallest absolute Gasteiger partial charge is 0.368 e. The number of rotatable bonds is 14. The summed E-state index contributed by atoms with van der Waals surface area (Å²) in [6.07, 6.45) is 0.997. The molecule has 176 valence electrons. The molecule has 0 aliphatic rings. The maximum absolute atomic E-state index is 12.6. The van der Waals surface area contributed by atoms with Crippen molar-refractivity contribution < 1.29 is 41.2 Å². The van der Waals surface area contributed by atoms with E-state index >= 15 is 0 Å². The van der Waals surface area contributed by atoms with Crippen molar-refractivity contribution in [1.29, 1.82) is 0 Å². The standard InChI is InChI=1S/C15H23BrN3O10PS/c1-31(26,27)29-10-8-18(7-5-16)14-4-3-12(19(21)22)11-13(14)15(20)17-6-2-9-28-30(23,24)25/h3-4,11H,2,5-10H2,1H3,(H,17,20)(H2,23,24,25). The first kappa shape index (κ1) is 27.4. The minimum absolute atomic E-state index is 0.00337. The molecule has 0 aliphatic carbocycles. The Kier molecular flexibility index (Phi) is 11.0. The lowest BCUT2D eigenvalue weighted by atomic mass is 10.1. The van der Waals surface area contributed by atoms with E-state index in [1.807, 2.05) is 0 Å². The Morgan fingerprint density at radius 2 is 2.00 bits per heavy atom. The number of benzene rings is 1. The predicted octanol–water partition coefficient (Wildman–Crippen LogP) is 1.00. The summed E-state index contributed by atoms with van der Waals surface area (Å²) in [7, 11) is -8.27. The Hall–Kier alpha value is -1.61.